The summed E-state index contributed by atoms with van der Waals surface area (Å²) in [5, 5.41) is 9.19. The number of amides is 1. The van der Waals surface area contributed by atoms with Gasteiger partial charge in [-0.2, -0.15) is 4.31 Å². The number of ether oxygens (including phenoxy) is 1. The molecule has 1 unspecified atom stereocenters. The van der Waals surface area contributed by atoms with E-state index in [1.165, 1.54) is 21.1 Å². The molecule has 1 rings (SSSR count). The number of aromatic nitrogens is 2. The molecule has 0 aliphatic carbocycles. The van der Waals surface area contributed by atoms with Crippen molar-refractivity contribution in [3.05, 3.63) is 0 Å². The zero-order chi connectivity index (χ0) is 15.3. The van der Waals surface area contributed by atoms with Gasteiger partial charge >= 0.3 is 0 Å². The maximum Gasteiger partial charge on any atom is 0.272 e. The van der Waals surface area contributed by atoms with Gasteiger partial charge in [0.2, 0.25) is 15.4 Å². The number of anilines is 1. The molecule has 0 saturated carbocycles. The van der Waals surface area contributed by atoms with Gasteiger partial charge in [0.1, 0.15) is 0 Å². The molecule has 0 fully saturated rings. The summed E-state index contributed by atoms with van der Waals surface area (Å²) in [5.41, 5.74) is 0. The number of halogens is 1. The van der Waals surface area contributed by atoms with E-state index in [-0.39, 0.29) is 28.5 Å². The molecule has 0 radical (unpaired) electrons. The average Bonchev–Trinajstić information content (AvgIpc) is 2.77. The van der Waals surface area contributed by atoms with Crippen LogP contribution in [0.1, 0.15) is 6.92 Å². The van der Waals surface area contributed by atoms with E-state index in [0.717, 1.165) is 15.6 Å². The topological polar surface area (TPSA) is 101 Å². The van der Waals surface area contributed by atoms with Gasteiger partial charge in [-0.3, -0.25) is 4.79 Å². The molecule has 0 aliphatic heterocycles. The number of hydrogen-bond acceptors (Lipinski definition) is 7. The molecule has 1 amide bonds. The minimum Gasteiger partial charge on any atom is -0.383 e. The maximum atomic E-state index is 12.2. The fourth-order valence-electron chi connectivity index (χ4n) is 1.26. The molecule has 0 saturated heterocycles. The minimum atomic E-state index is -3.78. The van der Waals surface area contributed by atoms with Crippen molar-refractivity contribution in [2.75, 3.05) is 32.6 Å². The van der Waals surface area contributed by atoms with Crippen molar-refractivity contribution in [1.82, 2.24) is 14.5 Å². The number of nitrogens with zero attached hydrogens (tertiary/aromatic N) is 3. The van der Waals surface area contributed by atoms with Crippen LogP contribution in [0.15, 0.2) is 4.34 Å². The van der Waals surface area contributed by atoms with Crippen LogP contribution in [0.5, 0.6) is 0 Å². The van der Waals surface area contributed by atoms with Gasteiger partial charge in [0.25, 0.3) is 10.0 Å². The first-order chi connectivity index (χ1) is 9.27. The summed E-state index contributed by atoms with van der Waals surface area (Å²) in [4.78, 5) is 10.9. The molecule has 0 aliphatic rings. The fourth-order valence-corrected chi connectivity index (χ4v) is 4.02. The van der Waals surface area contributed by atoms with E-state index < -0.39 is 15.4 Å². The molecular formula is C9H15ClN4O4S2. The number of nitrogens with one attached hydrogen (secondary N) is 1. The van der Waals surface area contributed by atoms with Gasteiger partial charge in [-0.1, -0.05) is 11.3 Å². The molecule has 114 valence electrons. The Balaban J connectivity index is 2.82. The molecule has 1 N–H and O–H groups in total. The van der Waals surface area contributed by atoms with Gasteiger partial charge in [-0.05, 0) is 0 Å². The summed E-state index contributed by atoms with van der Waals surface area (Å²) in [6.45, 7) is 1.60. The highest BCUT2D eigenvalue weighted by Gasteiger charge is 2.27. The van der Waals surface area contributed by atoms with Gasteiger partial charge in [-0.15, -0.1) is 21.8 Å². The lowest BCUT2D eigenvalue weighted by Gasteiger charge is -2.17. The second-order valence-corrected chi connectivity index (χ2v) is 7.71. The van der Waals surface area contributed by atoms with Crippen LogP contribution >= 0.6 is 22.9 Å². The number of methoxy groups -OCH3 is 1. The number of alkyl halides is 1. The fraction of sp³-hybridized carbons (Fsp3) is 0.667. The number of rotatable bonds is 7. The van der Waals surface area contributed by atoms with Crippen molar-refractivity contribution in [2.24, 2.45) is 0 Å². The third-order valence-electron chi connectivity index (χ3n) is 2.12. The molecule has 1 aromatic rings. The Kier molecular flexibility index (Phi) is 6.27. The van der Waals surface area contributed by atoms with Crippen LogP contribution in [0.3, 0.4) is 0 Å². The summed E-state index contributed by atoms with van der Waals surface area (Å²) >= 11 is 6.70. The van der Waals surface area contributed by atoms with Crippen LogP contribution in [-0.2, 0) is 19.6 Å². The molecule has 1 heterocycles. The number of sulfonamides is 1. The van der Waals surface area contributed by atoms with Crippen molar-refractivity contribution >= 4 is 44.0 Å². The Labute approximate surface area is 126 Å². The van der Waals surface area contributed by atoms with Gasteiger partial charge in [0.05, 0.1) is 12.0 Å². The summed E-state index contributed by atoms with van der Waals surface area (Å²) in [7, 11) is -0.911. The maximum absolute atomic E-state index is 12.2. The van der Waals surface area contributed by atoms with Crippen molar-refractivity contribution in [3.8, 4) is 0 Å². The summed E-state index contributed by atoms with van der Waals surface area (Å²) < 4.78 is 30.1. The van der Waals surface area contributed by atoms with E-state index in [9.17, 15) is 13.2 Å². The lowest BCUT2D eigenvalue weighted by atomic mass is 10.4. The number of carbonyl (C=O) groups is 1. The Morgan fingerprint density at radius 1 is 1.55 bits per heavy atom. The van der Waals surface area contributed by atoms with Gasteiger partial charge < -0.3 is 10.1 Å². The van der Waals surface area contributed by atoms with Crippen molar-refractivity contribution < 1.29 is 17.9 Å². The number of hydrogen-bond donors (Lipinski definition) is 1. The third-order valence-corrected chi connectivity index (χ3v) is 5.40. The molecule has 0 aromatic carbocycles. The first-order valence-corrected chi connectivity index (χ1v) is 8.17. The summed E-state index contributed by atoms with van der Waals surface area (Å²) in [5.74, 6) is -0.348. The Bertz CT molecular complexity index is 562. The highest BCUT2D eigenvalue weighted by Crippen LogP contribution is 2.22. The van der Waals surface area contributed by atoms with Crippen molar-refractivity contribution in [1.29, 1.82) is 0 Å². The van der Waals surface area contributed by atoms with Crippen LogP contribution in [0.4, 0.5) is 5.13 Å². The smallest absolute Gasteiger partial charge is 0.272 e. The molecule has 1 aromatic heterocycles. The minimum absolute atomic E-state index is 0.0762. The highest BCUT2D eigenvalue weighted by molar-refractivity contribution is 7.91. The molecule has 1 atom stereocenters. The summed E-state index contributed by atoms with van der Waals surface area (Å²) in [6, 6.07) is 0. The van der Waals surface area contributed by atoms with Gasteiger partial charge in [0.15, 0.2) is 0 Å². The van der Waals surface area contributed by atoms with Gasteiger partial charge in [-0.25, -0.2) is 8.42 Å². The predicted octanol–water partition coefficient (Wildman–Crippen LogP) is 0.371. The average molecular weight is 343 g/mol. The molecular weight excluding hydrogens is 328 g/mol. The molecule has 8 nitrogen and oxygen atoms in total. The first-order valence-electron chi connectivity index (χ1n) is 5.47. The lowest BCUT2D eigenvalue weighted by molar-refractivity contribution is -0.114. The van der Waals surface area contributed by atoms with E-state index in [4.69, 9.17) is 16.3 Å². The van der Waals surface area contributed by atoms with E-state index in [2.05, 4.69) is 15.5 Å². The van der Waals surface area contributed by atoms with E-state index in [1.54, 1.807) is 0 Å². The van der Waals surface area contributed by atoms with Gasteiger partial charge in [0, 0.05) is 27.6 Å². The third kappa shape index (κ3) is 4.63. The summed E-state index contributed by atoms with van der Waals surface area (Å²) in [6.07, 6.45) is 0. The normalized spacial score (nSPS) is 13.4. The SMILES string of the molecule is COCC(Cl)CN(C)S(=O)(=O)c1nnc(NC(C)=O)s1. The van der Waals surface area contributed by atoms with E-state index >= 15 is 0 Å². The second kappa shape index (κ2) is 7.27. The van der Waals surface area contributed by atoms with Crippen LogP contribution < -0.4 is 5.32 Å². The zero-order valence-electron chi connectivity index (χ0n) is 11.2. The van der Waals surface area contributed by atoms with Crippen LogP contribution in [-0.4, -0.2) is 61.5 Å². The standard InChI is InChI=1S/C9H15ClN4O4S2/c1-6(15)11-8-12-13-9(19-8)20(16,17)14(2)4-7(10)5-18-3/h7H,4-5H2,1-3H3,(H,11,12,15). The van der Waals surface area contributed by atoms with E-state index in [0.29, 0.717) is 0 Å². The highest BCUT2D eigenvalue weighted by atomic mass is 35.5. The van der Waals surface area contributed by atoms with Crippen LogP contribution in [0.25, 0.3) is 0 Å². The quantitative estimate of drug-likeness (QED) is 0.567. The molecule has 20 heavy (non-hydrogen) atoms. The van der Waals surface area contributed by atoms with E-state index in [1.807, 2.05) is 0 Å². The molecule has 0 bridgehead atoms. The molecule has 0 spiro atoms. The predicted molar refractivity (Wildman–Crippen MR) is 75.5 cm³/mol. The Morgan fingerprint density at radius 3 is 2.75 bits per heavy atom. The number of carbonyl (C=O) groups excluding carboxylic acids is 1. The zero-order valence-corrected chi connectivity index (χ0v) is 13.5. The van der Waals surface area contributed by atoms with Crippen LogP contribution in [0, 0.1) is 0 Å². The largest absolute Gasteiger partial charge is 0.383 e. The van der Waals surface area contributed by atoms with Crippen molar-refractivity contribution in [3.63, 3.8) is 0 Å². The Hall–Kier alpha value is -0.810. The second-order valence-electron chi connectivity index (χ2n) is 3.89. The monoisotopic (exact) mass is 342 g/mol. The van der Waals surface area contributed by atoms with Crippen molar-refractivity contribution in [2.45, 2.75) is 16.6 Å². The lowest BCUT2D eigenvalue weighted by Crippen LogP contribution is -2.33. The molecule has 11 heteroatoms. The first kappa shape index (κ1) is 17.2. The Morgan fingerprint density at radius 2 is 2.20 bits per heavy atom. The van der Waals surface area contributed by atoms with Crippen LogP contribution in [0.2, 0.25) is 0 Å².